The maximum Gasteiger partial charge on any atom is 0.290 e. The lowest BCUT2D eigenvalue weighted by molar-refractivity contribution is -0.122. The van der Waals surface area contributed by atoms with E-state index in [4.69, 9.17) is 19.4 Å². The number of fused-ring (bicyclic) bond motifs is 3. The monoisotopic (exact) mass is 463 g/mol. The molecule has 2 aliphatic heterocycles. The fraction of sp³-hybridized carbons (Fsp3) is 0.250. The highest BCUT2D eigenvalue weighted by Gasteiger charge is 2.31. The Morgan fingerprint density at radius 2 is 2.03 bits per heavy atom. The lowest BCUT2D eigenvalue weighted by Crippen LogP contribution is -2.13. The summed E-state index contributed by atoms with van der Waals surface area (Å²) in [5.41, 5.74) is 5.07. The highest BCUT2D eigenvalue weighted by Crippen LogP contribution is 2.42. The molecule has 6 rings (SSSR count). The van der Waals surface area contributed by atoms with Crippen molar-refractivity contribution in [3.8, 4) is 22.6 Å². The Bertz CT molecular complexity index is 1370. The van der Waals surface area contributed by atoms with Crippen molar-refractivity contribution in [1.82, 2.24) is 19.6 Å². The normalized spacial score (nSPS) is 15.8. The molecule has 0 saturated carbocycles. The van der Waals surface area contributed by atoms with Gasteiger partial charge in [-0.1, -0.05) is 13.0 Å². The SMILES string of the molecule is CCc1ncccc1-c1cc2c(n3cnnc13)NCc1c(F)ccc3c1[C@H](CO3)CO2.O=CO. The van der Waals surface area contributed by atoms with Crippen LogP contribution in [0.15, 0.2) is 42.9 Å². The van der Waals surface area contributed by atoms with Crippen LogP contribution in [0.3, 0.4) is 0 Å². The highest BCUT2D eigenvalue weighted by molar-refractivity contribution is 5.83. The third-order valence-corrected chi connectivity index (χ3v) is 6.03. The summed E-state index contributed by atoms with van der Waals surface area (Å²) in [6.45, 7) is 3.00. The Morgan fingerprint density at radius 3 is 2.82 bits per heavy atom. The van der Waals surface area contributed by atoms with Crippen LogP contribution in [0, 0.1) is 5.82 Å². The van der Waals surface area contributed by atoms with E-state index in [0.29, 0.717) is 42.5 Å². The van der Waals surface area contributed by atoms with E-state index >= 15 is 0 Å². The molecule has 0 saturated heterocycles. The summed E-state index contributed by atoms with van der Waals surface area (Å²) >= 11 is 0. The average Bonchev–Trinajstić information content (AvgIpc) is 3.51. The summed E-state index contributed by atoms with van der Waals surface area (Å²) < 4.78 is 28.7. The largest absolute Gasteiger partial charge is 0.493 e. The molecule has 0 unspecified atom stereocenters. The number of anilines is 1. The van der Waals surface area contributed by atoms with Crippen LogP contribution in [0.4, 0.5) is 10.2 Å². The molecule has 2 aliphatic rings. The number of ether oxygens (including phenoxy) is 2. The number of hydrogen-bond acceptors (Lipinski definition) is 7. The Kier molecular flexibility index (Phi) is 5.70. The van der Waals surface area contributed by atoms with Gasteiger partial charge in [0.15, 0.2) is 17.2 Å². The minimum Gasteiger partial charge on any atom is -0.493 e. The smallest absolute Gasteiger partial charge is 0.290 e. The van der Waals surface area contributed by atoms with Gasteiger partial charge >= 0.3 is 0 Å². The molecule has 0 fully saturated rings. The minimum absolute atomic E-state index is 0.0295. The van der Waals surface area contributed by atoms with Gasteiger partial charge in [-0.3, -0.25) is 14.2 Å². The van der Waals surface area contributed by atoms with Crippen LogP contribution in [0.5, 0.6) is 11.5 Å². The van der Waals surface area contributed by atoms with Gasteiger partial charge in [0, 0.05) is 40.7 Å². The first kappa shape index (κ1) is 21.6. The Hall–Kier alpha value is -4.21. The maximum absolute atomic E-state index is 14.7. The first-order valence-corrected chi connectivity index (χ1v) is 10.9. The molecular formula is C24H22FN5O4. The van der Waals surface area contributed by atoms with Gasteiger partial charge in [-0.2, -0.15) is 0 Å². The van der Waals surface area contributed by atoms with Crippen molar-refractivity contribution in [2.24, 2.45) is 0 Å². The number of rotatable bonds is 2. The lowest BCUT2D eigenvalue weighted by atomic mass is 9.96. The second-order valence-corrected chi connectivity index (χ2v) is 7.86. The fourth-order valence-corrected chi connectivity index (χ4v) is 4.55. The zero-order valence-corrected chi connectivity index (χ0v) is 18.4. The van der Waals surface area contributed by atoms with Crippen LogP contribution in [0.25, 0.3) is 16.8 Å². The van der Waals surface area contributed by atoms with Gasteiger partial charge in [-0.15, -0.1) is 10.2 Å². The predicted octanol–water partition coefficient (Wildman–Crippen LogP) is 3.67. The van der Waals surface area contributed by atoms with E-state index in [1.165, 1.54) is 6.07 Å². The summed E-state index contributed by atoms with van der Waals surface area (Å²) in [5, 5.41) is 18.7. The molecule has 5 heterocycles. The van der Waals surface area contributed by atoms with Gasteiger partial charge in [-0.25, -0.2) is 4.39 Å². The Morgan fingerprint density at radius 1 is 1.24 bits per heavy atom. The summed E-state index contributed by atoms with van der Waals surface area (Å²) in [4.78, 5) is 12.9. The van der Waals surface area contributed by atoms with Crippen LogP contribution in [0.2, 0.25) is 0 Å². The molecular weight excluding hydrogens is 441 g/mol. The van der Waals surface area contributed by atoms with Crippen LogP contribution in [-0.2, 0) is 17.8 Å². The minimum atomic E-state index is -0.250. The van der Waals surface area contributed by atoms with Gasteiger partial charge in [0.05, 0.1) is 19.1 Å². The zero-order chi connectivity index (χ0) is 23.7. The van der Waals surface area contributed by atoms with Crippen molar-refractivity contribution in [2.75, 3.05) is 18.5 Å². The van der Waals surface area contributed by atoms with E-state index in [-0.39, 0.29) is 18.2 Å². The number of carboxylic acid groups (broad SMARTS) is 1. The lowest BCUT2D eigenvalue weighted by Gasteiger charge is -2.17. The molecule has 0 spiro atoms. The predicted molar refractivity (Wildman–Crippen MR) is 122 cm³/mol. The Balaban J connectivity index is 0.000000764. The molecule has 0 amide bonds. The second-order valence-electron chi connectivity index (χ2n) is 7.86. The standard InChI is InChI=1S/C23H20FN5O2.CH2O2/c1-2-18-14(4-3-7-25-18)15-8-20-23(29-12-27-28-22(15)29)26-9-16-17(24)5-6-19-21(16)13(10-30-19)11-31-20;2-1-3/h3-8,12-13,26H,2,9-11H2,1H3;1H,(H,2,3)/t13-;/m1./s1. The molecule has 0 aliphatic carbocycles. The number of aryl methyl sites for hydroxylation is 1. The fourth-order valence-electron chi connectivity index (χ4n) is 4.55. The number of nitrogens with zero attached hydrogens (tertiary/aromatic N) is 4. The number of nitrogens with one attached hydrogen (secondary N) is 1. The van der Waals surface area contributed by atoms with E-state index in [2.05, 4.69) is 27.4 Å². The molecule has 9 nitrogen and oxygen atoms in total. The van der Waals surface area contributed by atoms with E-state index in [1.54, 1.807) is 18.6 Å². The van der Waals surface area contributed by atoms with Crippen LogP contribution in [0.1, 0.15) is 29.7 Å². The molecule has 4 aromatic rings. The van der Waals surface area contributed by atoms with Crippen molar-refractivity contribution >= 4 is 17.9 Å². The van der Waals surface area contributed by atoms with Gasteiger partial charge in [0.2, 0.25) is 0 Å². The van der Waals surface area contributed by atoms with E-state index in [1.807, 2.05) is 22.6 Å². The third-order valence-electron chi connectivity index (χ3n) is 6.03. The molecule has 1 atom stereocenters. The van der Waals surface area contributed by atoms with Crippen molar-refractivity contribution in [3.05, 3.63) is 65.5 Å². The van der Waals surface area contributed by atoms with E-state index < -0.39 is 0 Å². The second kappa shape index (κ2) is 8.97. The van der Waals surface area contributed by atoms with Gasteiger partial charge in [-0.05, 0) is 30.7 Å². The van der Waals surface area contributed by atoms with Gasteiger partial charge in [0.1, 0.15) is 17.9 Å². The summed E-state index contributed by atoms with van der Waals surface area (Å²) in [6, 6.07) is 9.09. The van der Waals surface area contributed by atoms with Crippen molar-refractivity contribution in [3.63, 3.8) is 0 Å². The maximum atomic E-state index is 14.7. The highest BCUT2D eigenvalue weighted by atomic mass is 19.1. The number of halogens is 1. The number of pyridine rings is 2. The zero-order valence-electron chi connectivity index (χ0n) is 18.4. The average molecular weight is 463 g/mol. The number of aromatic nitrogens is 4. The summed E-state index contributed by atoms with van der Waals surface area (Å²) in [7, 11) is 0. The van der Waals surface area contributed by atoms with Crippen molar-refractivity contribution in [1.29, 1.82) is 0 Å². The first-order valence-electron chi connectivity index (χ1n) is 10.9. The topological polar surface area (TPSA) is 111 Å². The van der Waals surface area contributed by atoms with Crippen molar-refractivity contribution < 1.29 is 23.8 Å². The third kappa shape index (κ3) is 3.57. The number of hydrogen-bond donors (Lipinski definition) is 2. The molecule has 2 N–H and O–H groups in total. The van der Waals surface area contributed by atoms with Crippen molar-refractivity contribution in [2.45, 2.75) is 25.8 Å². The molecule has 174 valence electrons. The van der Waals surface area contributed by atoms with Crippen LogP contribution in [-0.4, -0.2) is 44.4 Å². The molecule has 34 heavy (non-hydrogen) atoms. The number of benzene rings is 1. The first-order chi connectivity index (χ1) is 16.7. The molecule has 0 bridgehead atoms. The van der Waals surface area contributed by atoms with Crippen LogP contribution < -0.4 is 14.8 Å². The molecule has 3 aromatic heterocycles. The summed E-state index contributed by atoms with van der Waals surface area (Å²) in [6.07, 6.45) is 4.24. The van der Waals surface area contributed by atoms with Gasteiger partial charge < -0.3 is 19.9 Å². The van der Waals surface area contributed by atoms with E-state index in [0.717, 1.165) is 34.6 Å². The summed E-state index contributed by atoms with van der Waals surface area (Å²) in [5.74, 6) is 1.82. The van der Waals surface area contributed by atoms with Gasteiger partial charge in [0.25, 0.3) is 6.47 Å². The Labute approximate surface area is 194 Å². The molecule has 0 radical (unpaired) electrons. The molecule has 1 aromatic carbocycles. The number of carbonyl (C=O) groups is 1. The van der Waals surface area contributed by atoms with Crippen LogP contribution >= 0.6 is 0 Å². The quantitative estimate of drug-likeness (QED) is 0.433. The van der Waals surface area contributed by atoms with E-state index in [9.17, 15) is 4.39 Å². The molecule has 10 heteroatoms.